The Kier molecular flexibility index (Phi) is 8.38. The van der Waals surface area contributed by atoms with Crippen LogP contribution >= 0.6 is 0 Å². The normalized spacial score (nSPS) is 13.5. The van der Waals surface area contributed by atoms with Crippen LogP contribution in [0.4, 0.5) is 4.79 Å². The Hall–Kier alpha value is -3.98. The molecule has 3 rings (SSSR count). The number of nitrogens with two attached hydrogens (primary N) is 1. The number of hydrogen-bond acceptors (Lipinski definition) is 5. The minimum atomic E-state index is -1.04. The highest BCUT2D eigenvalue weighted by Crippen LogP contribution is 2.27. The second-order valence-corrected chi connectivity index (χ2v) is 8.55. The van der Waals surface area contributed by atoms with Gasteiger partial charge >= 0.3 is 6.03 Å². The van der Waals surface area contributed by atoms with Crippen molar-refractivity contribution in [2.75, 3.05) is 0 Å². The van der Waals surface area contributed by atoms with E-state index in [4.69, 9.17) is 5.73 Å². The van der Waals surface area contributed by atoms with Crippen molar-refractivity contribution in [1.82, 2.24) is 20.7 Å². The average Bonchev–Trinajstić information content (AvgIpc) is 3.31. The van der Waals surface area contributed by atoms with E-state index in [0.717, 1.165) is 16.5 Å². The monoisotopic (exact) mass is 477 g/mol. The van der Waals surface area contributed by atoms with E-state index in [1.54, 1.807) is 27.0 Å². The number of hydrogen-bond donors (Lipinski definition) is 4. The van der Waals surface area contributed by atoms with Crippen LogP contribution in [0.15, 0.2) is 60.8 Å². The first-order valence-corrected chi connectivity index (χ1v) is 11.6. The van der Waals surface area contributed by atoms with Gasteiger partial charge in [-0.15, -0.1) is 0 Å². The Morgan fingerprint density at radius 3 is 2.29 bits per heavy atom. The van der Waals surface area contributed by atoms with Crippen molar-refractivity contribution < 1.29 is 19.2 Å². The topological polar surface area (TPSA) is 137 Å². The maximum absolute atomic E-state index is 13.6. The number of carbonyl (C=O) groups excluding carboxylic acids is 4. The van der Waals surface area contributed by atoms with Crippen LogP contribution in [0.2, 0.25) is 0 Å². The molecule has 3 atom stereocenters. The standard InChI is InChI=1S/C26H31N5O4/c1-4-21(27)23(32)29-30-26(35)31(24(33)16(2)14-18-10-6-5-7-11-18)25(34)17(3)20-15-28-22-13-9-8-12-19(20)22/h5-13,15-17,21,28H,4,14,27H2,1-3H3,(H,29,32)(H,30,35). The number of nitrogens with one attached hydrogen (secondary N) is 3. The number of hydrazine groups is 1. The van der Waals surface area contributed by atoms with E-state index in [2.05, 4.69) is 15.8 Å². The van der Waals surface area contributed by atoms with Crippen molar-refractivity contribution in [3.8, 4) is 0 Å². The van der Waals surface area contributed by atoms with Crippen LogP contribution in [-0.4, -0.2) is 39.7 Å². The number of aromatic nitrogens is 1. The molecule has 0 radical (unpaired) electrons. The number of H-pyrrole nitrogens is 1. The summed E-state index contributed by atoms with van der Waals surface area (Å²) >= 11 is 0. The molecule has 1 heterocycles. The maximum atomic E-state index is 13.6. The molecule has 2 aromatic carbocycles. The summed E-state index contributed by atoms with van der Waals surface area (Å²) in [7, 11) is 0. The summed E-state index contributed by atoms with van der Waals surface area (Å²) in [4.78, 5) is 55.7. The Balaban J connectivity index is 1.87. The van der Waals surface area contributed by atoms with Crippen LogP contribution in [-0.2, 0) is 20.8 Å². The number of imide groups is 3. The second-order valence-electron chi connectivity index (χ2n) is 8.55. The summed E-state index contributed by atoms with van der Waals surface area (Å²) in [5.74, 6) is -3.47. The molecule has 0 aliphatic rings. The van der Waals surface area contributed by atoms with E-state index < -0.39 is 41.6 Å². The van der Waals surface area contributed by atoms with E-state index in [9.17, 15) is 19.2 Å². The highest BCUT2D eigenvalue weighted by Gasteiger charge is 2.36. The number of benzene rings is 2. The molecule has 3 unspecified atom stereocenters. The summed E-state index contributed by atoms with van der Waals surface area (Å²) in [5.41, 5.74) is 12.4. The van der Waals surface area contributed by atoms with E-state index in [1.165, 1.54) is 0 Å². The lowest BCUT2D eigenvalue weighted by atomic mass is 9.96. The van der Waals surface area contributed by atoms with Crippen molar-refractivity contribution >= 4 is 34.7 Å². The predicted octanol–water partition coefficient (Wildman–Crippen LogP) is 2.98. The summed E-state index contributed by atoms with van der Waals surface area (Å²) < 4.78 is 0. The van der Waals surface area contributed by atoms with Crippen LogP contribution in [0.3, 0.4) is 0 Å². The SMILES string of the molecule is CCC(N)C(=O)NNC(=O)N(C(=O)C(C)Cc1ccccc1)C(=O)C(C)c1c[nH]c2ccccc12. The zero-order valence-corrected chi connectivity index (χ0v) is 20.1. The van der Waals surface area contributed by atoms with E-state index in [-0.39, 0.29) is 0 Å². The molecule has 5 amide bonds. The largest absolute Gasteiger partial charge is 0.361 e. The number of fused-ring (bicyclic) bond motifs is 1. The van der Waals surface area contributed by atoms with Gasteiger partial charge in [0.25, 0.3) is 5.91 Å². The van der Waals surface area contributed by atoms with Crippen LogP contribution in [0.25, 0.3) is 10.9 Å². The van der Waals surface area contributed by atoms with Gasteiger partial charge in [0.2, 0.25) is 11.8 Å². The lowest BCUT2D eigenvalue weighted by Crippen LogP contribution is -2.57. The molecule has 0 saturated carbocycles. The zero-order valence-electron chi connectivity index (χ0n) is 20.1. The Morgan fingerprint density at radius 2 is 1.60 bits per heavy atom. The molecular formula is C26H31N5O4. The molecule has 1 aromatic heterocycles. The van der Waals surface area contributed by atoms with Crippen molar-refractivity contribution in [1.29, 1.82) is 0 Å². The van der Waals surface area contributed by atoms with Gasteiger partial charge in [-0.3, -0.25) is 19.8 Å². The van der Waals surface area contributed by atoms with Gasteiger partial charge < -0.3 is 10.7 Å². The first kappa shape index (κ1) is 25.6. The van der Waals surface area contributed by atoms with Gasteiger partial charge in [0.05, 0.1) is 12.0 Å². The molecule has 184 valence electrons. The van der Waals surface area contributed by atoms with Gasteiger partial charge in [-0.05, 0) is 37.0 Å². The average molecular weight is 478 g/mol. The third-order valence-electron chi connectivity index (χ3n) is 5.98. The summed E-state index contributed by atoms with van der Waals surface area (Å²) in [6, 6.07) is 14.9. The molecule has 0 aliphatic carbocycles. The maximum Gasteiger partial charge on any atom is 0.349 e. The Morgan fingerprint density at radius 1 is 0.943 bits per heavy atom. The number of carbonyl (C=O) groups is 4. The fourth-order valence-electron chi connectivity index (χ4n) is 3.81. The van der Waals surface area contributed by atoms with Crippen molar-refractivity contribution in [2.24, 2.45) is 11.7 Å². The Bertz CT molecular complexity index is 1210. The fourth-order valence-corrected chi connectivity index (χ4v) is 3.81. The van der Waals surface area contributed by atoms with Crippen molar-refractivity contribution in [2.45, 2.75) is 45.6 Å². The zero-order chi connectivity index (χ0) is 25.5. The molecule has 5 N–H and O–H groups in total. The van der Waals surface area contributed by atoms with Crippen LogP contribution in [0.1, 0.15) is 44.2 Å². The van der Waals surface area contributed by atoms with E-state index in [1.807, 2.05) is 54.6 Å². The number of rotatable bonds is 7. The molecule has 0 fully saturated rings. The second kappa shape index (κ2) is 11.4. The van der Waals surface area contributed by atoms with Gasteiger partial charge in [0.15, 0.2) is 0 Å². The lowest BCUT2D eigenvalue weighted by molar-refractivity contribution is -0.144. The van der Waals surface area contributed by atoms with E-state index >= 15 is 0 Å². The number of amides is 5. The van der Waals surface area contributed by atoms with Crippen molar-refractivity contribution in [3.05, 3.63) is 71.9 Å². The van der Waals surface area contributed by atoms with Gasteiger partial charge in [-0.2, -0.15) is 4.90 Å². The molecule has 3 aromatic rings. The quantitative estimate of drug-likeness (QED) is 0.388. The van der Waals surface area contributed by atoms with Gasteiger partial charge in [-0.25, -0.2) is 10.2 Å². The van der Waals surface area contributed by atoms with Gasteiger partial charge in [-0.1, -0.05) is 62.4 Å². The first-order chi connectivity index (χ1) is 16.7. The highest BCUT2D eigenvalue weighted by atomic mass is 16.2. The van der Waals surface area contributed by atoms with Gasteiger partial charge in [0, 0.05) is 23.0 Å². The summed E-state index contributed by atoms with van der Waals surface area (Å²) in [5, 5.41) is 0.820. The van der Waals surface area contributed by atoms with Gasteiger partial charge in [0.1, 0.15) is 0 Å². The fraction of sp³-hybridized carbons (Fsp3) is 0.308. The highest BCUT2D eigenvalue weighted by molar-refractivity contribution is 6.13. The van der Waals surface area contributed by atoms with Crippen LogP contribution < -0.4 is 16.6 Å². The molecule has 0 bridgehead atoms. The molecular weight excluding hydrogens is 446 g/mol. The number of nitrogens with zero attached hydrogens (tertiary/aromatic N) is 1. The number of aromatic amines is 1. The van der Waals surface area contributed by atoms with Crippen LogP contribution in [0.5, 0.6) is 0 Å². The third-order valence-corrected chi connectivity index (χ3v) is 5.98. The summed E-state index contributed by atoms with van der Waals surface area (Å²) in [6.07, 6.45) is 2.39. The minimum absolute atomic E-state index is 0.339. The first-order valence-electron chi connectivity index (χ1n) is 11.6. The lowest BCUT2D eigenvalue weighted by Gasteiger charge is -2.25. The minimum Gasteiger partial charge on any atom is -0.361 e. The summed E-state index contributed by atoms with van der Waals surface area (Å²) in [6.45, 7) is 5.02. The molecule has 35 heavy (non-hydrogen) atoms. The smallest absolute Gasteiger partial charge is 0.349 e. The third kappa shape index (κ3) is 5.93. The molecule has 9 nitrogen and oxygen atoms in total. The number of para-hydroxylation sites is 1. The molecule has 0 saturated heterocycles. The van der Waals surface area contributed by atoms with Crippen LogP contribution in [0, 0.1) is 5.92 Å². The molecule has 0 spiro atoms. The predicted molar refractivity (Wildman–Crippen MR) is 133 cm³/mol. The van der Waals surface area contributed by atoms with E-state index in [0.29, 0.717) is 23.3 Å². The Labute approximate surface area is 204 Å². The molecule has 9 heteroatoms. The molecule has 0 aliphatic heterocycles. The number of urea groups is 1. The van der Waals surface area contributed by atoms with Crippen molar-refractivity contribution in [3.63, 3.8) is 0 Å².